The highest BCUT2D eigenvalue weighted by Crippen LogP contribution is 2.32. The number of carbonyl (C=O) groups is 1. The van der Waals surface area contributed by atoms with Crippen LogP contribution in [0.3, 0.4) is 0 Å². The Bertz CT molecular complexity index is 433. The Morgan fingerprint density at radius 3 is 3.00 bits per heavy atom. The molecule has 2 N–H and O–H groups in total. The average molecular weight is 251 g/mol. The smallest absolute Gasteiger partial charge is 0.231 e. The molecule has 1 aliphatic rings. The number of benzene rings is 1. The van der Waals surface area contributed by atoms with Crippen LogP contribution in [-0.4, -0.2) is 32.3 Å². The van der Waals surface area contributed by atoms with Gasteiger partial charge in [-0.3, -0.25) is 4.79 Å². The van der Waals surface area contributed by atoms with E-state index in [0.29, 0.717) is 36.5 Å². The molecule has 2 rings (SSSR count). The molecule has 0 spiro atoms. The van der Waals surface area contributed by atoms with Crippen LogP contribution in [0, 0.1) is 0 Å². The minimum Gasteiger partial charge on any atom is -0.454 e. The molecule has 5 heteroatoms. The molecule has 0 saturated heterocycles. The second kappa shape index (κ2) is 5.84. The third kappa shape index (κ3) is 3.00. The van der Waals surface area contributed by atoms with Crippen molar-refractivity contribution >= 4 is 5.78 Å². The molecule has 0 aliphatic carbocycles. The van der Waals surface area contributed by atoms with Crippen molar-refractivity contribution in [3.8, 4) is 11.5 Å². The fraction of sp³-hybridized carbons (Fsp3) is 0.462. The second-order valence-electron chi connectivity index (χ2n) is 4.24. The molecule has 0 bridgehead atoms. The standard InChI is InChI=1S/C13H17NO4/c1-16-5-4-10(14)7-11(15)9-2-3-12-13(6-9)18-8-17-12/h2-3,6,10H,4-5,7-8,14H2,1H3. The fourth-order valence-electron chi connectivity index (χ4n) is 1.80. The molecule has 0 fully saturated rings. The van der Waals surface area contributed by atoms with E-state index >= 15 is 0 Å². The van der Waals surface area contributed by atoms with Crippen molar-refractivity contribution in [3.05, 3.63) is 23.8 Å². The summed E-state index contributed by atoms with van der Waals surface area (Å²) >= 11 is 0. The molecule has 18 heavy (non-hydrogen) atoms. The van der Waals surface area contributed by atoms with Crippen molar-refractivity contribution < 1.29 is 19.0 Å². The van der Waals surface area contributed by atoms with Crippen molar-refractivity contribution in [1.82, 2.24) is 0 Å². The van der Waals surface area contributed by atoms with Gasteiger partial charge in [0.1, 0.15) is 0 Å². The van der Waals surface area contributed by atoms with Gasteiger partial charge in [-0.15, -0.1) is 0 Å². The normalized spacial score (nSPS) is 14.6. The van der Waals surface area contributed by atoms with E-state index in [1.54, 1.807) is 25.3 Å². The monoisotopic (exact) mass is 251 g/mol. The maximum absolute atomic E-state index is 12.0. The van der Waals surface area contributed by atoms with E-state index in [0.717, 1.165) is 0 Å². The van der Waals surface area contributed by atoms with Gasteiger partial charge in [-0.25, -0.2) is 0 Å². The summed E-state index contributed by atoms with van der Waals surface area (Å²) in [4.78, 5) is 12.0. The van der Waals surface area contributed by atoms with Crippen LogP contribution in [0.25, 0.3) is 0 Å². The molecule has 0 radical (unpaired) electrons. The van der Waals surface area contributed by atoms with E-state index in [4.69, 9.17) is 19.9 Å². The molecule has 0 saturated carbocycles. The predicted octanol–water partition coefficient (Wildman–Crippen LogP) is 1.35. The van der Waals surface area contributed by atoms with Crippen LogP contribution < -0.4 is 15.2 Å². The molecule has 1 unspecified atom stereocenters. The van der Waals surface area contributed by atoms with Crippen LogP contribution in [0.1, 0.15) is 23.2 Å². The summed E-state index contributed by atoms with van der Waals surface area (Å²) in [6.45, 7) is 0.774. The first-order chi connectivity index (χ1) is 8.70. The first kappa shape index (κ1) is 12.9. The van der Waals surface area contributed by atoms with Crippen LogP contribution in [-0.2, 0) is 4.74 Å². The Hall–Kier alpha value is -1.59. The summed E-state index contributed by atoms with van der Waals surface area (Å²) in [5.74, 6) is 1.30. The zero-order valence-electron chi connectivity index (χ0n) is 10.3. The summed E-state index contributed by atoms with van der Waals surface area (Å²) < 4.78 is 15.4. The topological polar surface area (TPSA) is 70.8 Å². The maximum Gasteiger partial charge on any atom is 0.231 e. The van der Waals surface area contributed by atoms with Gasteiger partial charge in [0.25, 0.3) is 0 Å². The van der Waals surface area contributed by atoms with Crippen LogP contribution in [0.4, 0.5) is 0 Å². The van der Waals surface area contributed by atoms with Gasteiger partial charge in [-0.05, 0) is 24.6 Å². The number of rotatable bonds is 6. The van der Waals surface area contributed by atoms with Gasteiger partial charge < -0.3 is 19.9 Å². The first-order valence-electron chi connectivity index (χ1n) is 5.88. The average Bonchev–Trinajstić information content (AvgIpc) is 2.83. The second-order valence-corrected chi connectivity index (χ2v) is 4.24. The predicted molar refractivity (Wildman–Crippen MR) is 66.0 cm³/mol. The van der Waals surface area contributed by atoms with Crippen LogP contribution in [0.15, 0.2) is 18.2 Å². The Balaban J connectivity index is 1.96. The zero-order chi connectivity index (χ0) is 13.0. The molecule has 0 aromatic heterocycles. The number of carbonyl (C=O) groups excluding carboxylic acids is 1. The van der Waals surface area contributed by atoms with Gasteiger partial charge >= 0.3 is 0 Å². The number of hydrogen-bond donors (Lipinski definition) is 1. The summed E-state index contributed by atoms with van der Waals surface area (Å²) in [5.41, 5.74) is 6.46. The van der Waals surface area contributed by atoms with Gasteiger partial charge in [-0.2, -0.15) is 0 Å². The number of hydrogen-bond acceptors (Lipinski definition) is 5. The third-order valence-corrected chi connectivity index (χ3v) is 2.83. The van der Waals surface area contributed by atoms with E-state index in [1.165, 1.54) is 0 Å². The molecule has 1 aromatic rings. The first-order valence-corrected chi connectivity index (χ1v) is 5.88. The lowest BCUT2D eigenvalue weighted by molar-refractivity contribution is 0.0966. The largest absolute Gasteiger partial charge is 0.454 e. The lowest BCUT2D eigenvalue weighted by atomic mass is 10.0. The molecular formula is C13H17NO4. The molecule has 5 nitrogen and oxygen atoms in total. The highest BCUT2D eigenvalue weighted by atomic mass is 16.7. The number of methoxy groups -OCH3 is 1. The highest BCUT2D eigenvalue weighted by molar-refractivity contribution is 5.97. The molecule has 1 aliphatic heterocycles. The Labute approximate surface area is 106 Å². The quantitative estimate of drug-likeness (QED) is 0.773. The van der Waals surface area contributed by atoms with Crippen molar-refractivity contribution in [3.63, 3.8) is 0 Å². The molecule has 1 aromatic carbocycles. The number of ether oxygens (including phenoxy) is 3. The third-order valence-electron chi connectivity index (χ3n) is 2.83. The van der Waals surface area contributed by atoms with Gasteiger partial charge in [0.15, 0.2) is 17.3 Å². The fourth-order valence-corrected chi connectivity index (χ4v) is 1.80. The minimum absolute atomic E-state index is 0.0110. The van der Waals surface area contributed by atoms with Crippen molar-refractivity contribution in [2.45, 2.75) is 18.9 Å². The van der Waals surface area contributed by atoms with Gasteiger partial charge in [0, 0.05) is 31.7 Å². The molecule has 1 heterocycles. The van der Waals surface area contributed by atoms with Crippen LogP contribution >= 0.6 is 0 Å². The number of nitrogens with two attached hydrogens (primary N) is 1. The minimum atomic E-state index is -0.178. The lowest BCUT2D eigenvalue weighted by Crippen LogP contribution is -2.25. The van der Waals surface area contributed by atoms with E-state index in [1.807, 2.05) is 0 Å². The van der Waals surface area contributed by atoms with Gasteiger partial charge in [0.2, 0.25) is 6.79 Å². The summed E-state index contributed by atoms with van der Waals surface area (Å²) in [5, 5.41) is 0. The molecule has 1 atom stereocenters. The Morgan fingerprint density at radius 2 is 2.22 bits per heavy atom. The highest BCUT2D eigenvalue weighted by Gasteiger charge is 2.17. The van der Waals surface area contributed by atoms with Gasteiger partial charge in [-0.1, -0.05) is 0 Å². The SMILES string of the molecule is COCCC(N)CC(=O)c1ccc2c(c1)OCO2. The van der Waals surface area contributed by atoms with Crippen LogP contribution in [0.5, 0.6) is 11.5 Å². The van der Waals surface area contributed by atoms with Crippen molar-refractivity contribution in [1.29, 1.82) is 0 Å². The summed E-state index contributed by atoms with van der Waals surface area (Å²) in [7, 11) is 1.62. The summed E-state index contributed by atoms with van der Waals surface area (Å²) in [6, 6.07) is 5.01. The van der Waals surface area contributed by atoms with E-state index < -0.39 is 0 Å². The Kier molecular flexibility index (Phi) is 4.17. The van der Waals surface area contributed by atoms with Gasteiger partial charge in [0.05, 0.1) is 0 Å². The molecule has 0 amide bonds. The maximum atomic E-state index is 12.0. The number of Topliss-reactive ketones (excluding diaryl/α,β-unsaturated/α-hetero) is 1. The van der Waals surface area contributed by atoms with E-state index in [-0.39, 0.29) is 18.6 Å². The number of fused-ring (bicyclic) bond motifs is 1. The molecule has 98 valence electrons. The van der Waals surface area contributed by atoms with Crippen LogP contribution in [0.2, 0.25) is 0 Å². The van der Waals surface area contributed by atoms with E-state index in [9.17, 15) is 4.79 Å². The lowest BCUT2D eigenvalue weighted by Gasteiger charge is -2.10. The Morgan fingerprint density at radius 1 is 1.44 bits per heavy atom. The van der Waals surface area contributed by atoms with E-state index in [2.05, 4.69) is 0 Å². The van der Waals surface area contributed by atoms with Crippen molar-refractivity contribution in [2.75, 3.05) is 20.5 Å². The molecular weight excluding hydrogens is 234 g/mol. The zero-order valence-corrected chi connectivity index (χ0v) is 10.3. The van der Waals surface area contributed by atoms with Crippen molar-refractivity contribution in [2.24, 2.45) is 5.73 Å². The number of ketones is 1. The summed E-state index contributed by atoms with van der Waals surface area (Å²) in [6.07, 6.45) is 0.982.